The van der Waals surface area contributed by atoms with Gasteiger partial charge in [0.25, 0.3) is 0 Å². The van der Waals surface area contributed by atoms with Gasteiger partial charge in [-0.25, -0.2) is 0 Å². The molecule has 35 heavy (non-hydrogen) atoms. The molecule has 8 nitrogen and oxygen atoms in total. The molecular formula is C26H29ClN4O4. The fourth-order valence-corrected chi connectivity index (χ4v) is 3.41. The van der Waals surface area contributed by atoms with Crippen LogP contribution < -0.4 is 20.1 Å². The van der Waals surface area contributed by atoms with Gasteiger partial charge in [-0.1, -0.05) is 31.5 Å². The standard InChI is InChI=1S/C26H29ClN4O4/c1-17(2)16-35-25-22(27)13-19(14-23(25)34-4)9-10-24(32)29-20-7-5-8-21(15-20)30-26(33)18(3)31-12-6-11-28-31/h5-15,17-18H,16H2,1-4H3,(H,29,32)(H,30,33)/b10-9+. The van der Waals surface area contributed by atoms with Gasteiger partial charge in [0.15, 0.2) is 11.5 Å². The summed E-state index contributed by atoms with van der Waals surface area (Å²) in [6.07, 6.45) is 6.37. The Balaban J connectivity index is 1.64. The lowest BCUT2D eigenvalue weighted by Gasteiger charge is -2.14. The minimum Gasteiger partial charge on any atom is -0.493 e. The SMILES string of the molecule is COc1cc(/C=C/C(=O)Nc2cccc(NC(=O)C(C)n3cccn3)c2)cc(Cl)c1OCC(C)C. The number of ether oxygens (including phenoxy) is 2. The quantitative estimate of drug-likeness (QED) is 0.365. The van der Waals surface area contributed by atoms with Crippen LogP contribution in [0.25, 0.3) is 6.08 Å². The summed E-state index contributed by atoms with van der Waals surface area (Å²) < 4.78 is 12.7. The lowest BCUT2D eigenvalue weighted by molar-refractivity contribution is -0.119. The molecule has 0 radical (unpaired) electrons. The summed E-state index contributed by atoms with van der Waals surface area (Å²) in [6.45, 7) is 6.35. The number of carbonyl (C=O) groups excluding carboxylic acids is 2. The Morgan fingerprint density at radius 2 is 1.86 bits per heavy atom. The predicted molar refractivity (Wildman–Crippen MR) is 138 cm³/mol. The number of hydrogen-bond donors (Lipinski definition) is 2. The van der Waals surface area contributed by atoms with E-state index in [0.717, 1.165) is 0 Å². The second-order valence-corrected chi connectivity index (χ2v) is 8.70. The third-order valence-corrected chi connectivity index (χ3v) is 5.22. The van der Waals surface area contributed by atoms with Crippen molar-refractivity contribution in [3.05, 3.63) is 71.5 Å². The Hall–Kier alpha value is -3.78. The van der Waals surface area contributed by atoms with E-state index in [0.29, 0.717) is 46.0 Å². The molecule has 3 rings (SSSR count). The third-order valence-electron chi connectivity index (χ3n) is 4.94. The zero-order valence-electron chi connectivity index (χ0n) is 20.1. The summed E-state index contributed by atoms with van der Waals surface area (Å²) in [6, 6.07) is 11.6. The van der Waals surface area contributed by atoms with Crippen LogP contribution in [0.15, 0.2) is 60.9 Å². The van der Waals surface area contributed by atoms with E-state index in [1.807, 2.05) is 13.8 Å². The minimum atomic E-state index is -0.475. The van der Waals surface area contributed by atoms with E-state index in [1.54, 1.807) is 72.5 Å². The van der Waals surface area contributed by atoms with Crippen LogP contribution in [0, 0.1) is 5.92 Å². The van der Waals surface area contributed by atoms with Crippen molar-refractivity contribution in [1.82, 2.24) is 9.78 Å². The van der Waals surface area contributed by atoms with Gasteiger partial charge in [-0.05, 0) is 60.9 Å². The molecule has 1 atom stereocenters. The van der Waals surface area contributed by atoms with E-state index in [1.165, 1.54) is 13.2 Å². The molecule has 0 saturated heterocycles. The molecule has 0 aliphatic heterocycles. The van der Waals surface area contributed by atoms with Gasteiger partial charge in [0.05, 0.1) is 18.7 Å². The van der Waals surface area contributed by atoms with Crippen LogP contribution >= 0.6 is 11.6 Å². The number of nitrogens with one attached hydrogen (secondary N) is 2. The fourth-order valence-electron chi connectivity index (χ4n) is 3.13. The molecular weight excluding hydrogens is 468 g/mol. The fraction of sp³-hybridized carbons (Fsp3) is 0.269. The third kappa shape index (κ3) is 7.35. The molecule has 2 N–H and O–H groups in total. The zero-order valence-corrected chi connectivity index (χ0v) is 20.9. The molecule has 0 bridgehead atoms. The second-order valence-electron chi connectivity index (χ2n) is 8.29. The van der Waals surface area contributed by atoms with Gasteiger partial charge >= 0.3 is 0 Å². The highest BCUT2D eigenvalue weighted by Gasteiger charge is 2.15. The van der Waals surface area contributed by atoms with Crippen molar-refractivity contribution in [2.75, 3.05) is 24.4 Å². The molecule has 0 saturated carbocycles. The average molecular weight is 497 g/mol. The van der Waals surface area contributed by atoms with Crippen molar-refractivity contribution in [2.45, 2.75) is 26.8 Å². The van der Waals surface area contributed by atoms with Crippen LogP contribution in [0.4, 0.5) is 11.4 Å². The summed E-state index contributed by atoms with van der Waals surface area (Å²) >= 11 is 6.38. The monoisotopic (exact) mass is 496 g/mol. The van der Waals surface area contributed by atoms with Crippen LogP contribution in [0.5, 0.6) is 11.5 Å². The van der Waals surface area contributed by atoms with Crippen LogP contribution in [0.3, 0.4) is 0 Å². The van der Waals surface area contributed by atoms with Crippen molar-refractivity contribution in [2.24, 2.45) is 5.92 Å². The first kappa shape index (κ1) is 25.8. The first-order valence-electron chi connectivity index (χ1n) is 11.2. The minimum absolute atomic E-state index is 0.219. The Morgan fingerprint density at radius 1 is 1.11 bits per heavy atom. The highest BCUT2D eigenvalue weighted by Crippen LogP contribution is 2.37. The van der Waals surface area contributed by atoms with E-state index < -0.39 is 6.04 Å². The van der Waals surface area contributed by atoms with Crippen molar-refractivity contribution in [3.8, 4) is 11.5 Å². The molecule has 1 heterocycles. The largest absolute Gasteiger partial charge is 0.493 e. The molecule has 2 amide bonds. The summed E-state index contributed by atoms with van der Waals surface area (Å²) in [5.74, 6) is 0.749. The summed E-state index contributed by atoms with van der Waals surface area (Å²) in [5, 5.41) is 10.1. The van der Waals surface area contributed by atoms with Gasteiger partial charge in [0.1, 0.15) is 6.04 Å². The predicted octanol–water partition coefficient (Wildman–Crippen LogP) is 5.43. The first-order chi connectivity index (χ1) is 16.8. The maximum Gasteiger partial charge on any atom is 0.248 e. The highest BCUT2D eigenvalue weighted by molar-refractivity contribution is 6.32. The smallest absolute Gasteiger partial charge is 0.248 e. The Morgan fingerprint density at radius 3 is 2.51 bits per heavy atom. The molecule has 0 fully saturated rings. The average Bonchev–Trinajstić information content (AvgIpc) is 3.36. The number of benzene rings is 2. The number of nitrogens with zero attached hydrogens (tertiary/aromatic N) is 2. The van der Waals surface area contributed by atoms with Crippen molar-refractivity contribution in [1.29, 1.82) is 0 Å². The molecule has 2 aromatic carbocycles. The van der Waals surface area contributed by atoms with E-state index in [9.17, 15) is 9.59 Å². The molecule has 1 unspecified atom stereocenters. The molecule has 9 heteroatoms. The lowest BCUT2D eigenvalue weighted by atomic mass is 10.1. The van der Waals surface area contributed by atoms with Crippen LogP contribution in [0.1, 0.15) is 32.4 Å². The number of amides is 2. The molecule has 0 spiro atoms. The van der Waals surface area contributed by atoms with Gasteiger partial charge in [-0.3, -0.25) is 14.3 Å². The molecule has 0 aliphatic rings. The van der Waals surface area contributed by atoms with Crippen LogP contribution in [-0.2, 0) is 9.59 Å². The van der Waals surface area contributed by atoms with Gasteiger partial charge in [0, 0.05) is 29.8 Å². The van der Waals surface area contributed by atoms with Crippen molar-refractivity contribution < 1.29 is 19.1 Å². The normalized spacial score (nSPS) is 11.9. The summed E-state index contributed by atoms with van der Waals surface area (Å²) in [7, 11) is 1.54. The van der Waals surface area contributed by atoms with Gasteiger partial charge in [-0.15, -0.1) is 0 Å². The second kappa shape index (κ2) is 12.1. The number of rotatable bonds is 10. The summed E-state index contributed by atoms with van der Waals surface area (Å²) in [5.41, 5.74) is 1.79. The van der Waals surface area contributed by atoms with Crippen molar-refractivity contribution in [3.63, 3.8) is 0 Å². The lowest BCUT2D eigenvalue weighted by Crippen LogP contribution is -2.24. The Kier molecular flexibility index (Phi) is 8.92. The van der Waals surface area contributed by atoms with E-state index in [4.69, 9.17) is 21.1 Å². The molecule has 184 valence electrons. The topological polar surface area (TPSA) is 94.5 Å². The number of carbonyl (C=O) groups is 2. The zero-order chi connectivity index (χ0) is 25.4. The first-order valence-corrected chi connectivity index (χ1v) is 11.5. The van der Waals surface area contributed by atoms with Gasteiger partial charge in [0.2, 0.25) is 11.8 Å². The molecule has 3 aromatic rings. The number of methoxy groups -OCH3 is 1. The number of anilines is 2. The van der Waals surface area contributed by atoms with E-state index >= 15 is 0 Å². The van der Waals surface area contributed by atoms with Gasteiger partial charge in [-0.2, -0.15) is 5.10 Å². The maximum absolute atomic E-state index is 12.5. The number of hydrogen-bond acceptors (Lipinski definition) is 5. The van der Waals surface area contributed by atoms with E-state index in [2.05, 4.69) is 15.7 Å². The molecule has 1 aromatic heterocycles. The Bertz CT molecular complexity index is 1190. The highest BCUT2D eigenvalue weighted by atomic mass is 35.5. The molecule has 0 aliphatic carbocycles. The Labute approximate surface area is 209 Å². The van der Waals surface area contributed by atoms with Crippen LogP contribution in [0.2, 0.25) is 5.02 Å². The maximum atomic E-state index is 12.5. The van der Waals surface area contributed by atoms with E-state index in [-0.39, 0.29) is 11.8 Å². The van der Waals surface area contributed by atoms with Crippen LogP contribution in [-0.4, -0.2) is 35.3 Å². The van der Waals surface area contributed by atoms with Crippen molar-refractivity contribution >= 4 is 40.9 Å². The number of aromatic nitrogens is 2. The van der Waals surface area contributed by atoms with Gasteiger partial charge < -0.3 is 20.1 Å². The summed E-state index contributed by atoms with van der Waals surface area (Å²) in [4.78, 5) is 25.0. The number of halogens is 1.